The van der Waals surface area contributed by atoms with Gasteiger partial charge in [-0.05, 0) is 19.3 Å². The zero-order valence-corrected chi connectivity index (χ0v) is 12.0. The van der Waals surface area contributed by atoms with Crippen molar-refractivity contribution in [1.29, 1.82) is 0 Å². The normalized spacial score (nSPS) is 10.7. The predicted octanol–water partition coefficient (Wildman–Crippen LogP) is 4.40. The summed E-state index contributed by atoms with van der Waals surface area (Å²) in [5.74, 6) is -0.675. The van der Waals surface area contributed by atoms with Gasteiger partial charge in [0.15, 0.2) is 0 Å². The fraction of sp³-hybridized carbons (Fsp3) is 0.933. The third-order valence-corrected chi connectivity index (χ3v) is 3.07. The van der Waals surface area contributed by atoms with Gasteiger partial charge in [0.2, 0.25) is 0 Å². The minimum Gasteiger partial charge on any atom is -0.481 e. The first-order valence-electron chi connectivity index (χ1n) is 7.57. The number of aliphatic carboxylic acids is 1. The van der Waals surface area contributed by atoms with Gasteiger partial charge in [-0.15, -0.1) is 0 Å². The van der Waals surface area contributed by atoms with Gasteiger partial charge in [0.1, 0.15) is 0 Å². The third kappa shape index (κ3) is 15.4. The van der Waals surface area contributed by atoms with E-state index >= 15 is 0 Å². The number of carboxylic acid groups (broad SMARTS) is 1. The number of unbranched alkanes of at least 4 members (excludes halogenated alkanes) is 8. The molecule has 0 saturated carbocycles. The molecule has 108 valence electrons. The van der Waals surface area contributed by atoms with Crippen molar-refractivity contribution >= 4 is 5.97 Å². The lowest BCUT2D eigenvalue weighted by Crippen LogP contribution is -1.97. The molecule has 3 nitrogen and oxygen atoms in total. The van der Waals surface area contributed by atoms with Crippen LogP contribution in [0.1, 0.15) is 77.6 Å². The molecule has 0 aromatic rings. The number of carboxylic acids is 1. The minimum absolute atomic E-state index is 0.320. The molecule has 0 spiro atoms. The minimum atomic E-state index is -0.675. The highest BCUT2D eigenvalue weighted by atomic mass is 16.5. The molecule has 0 radical (unpaired) electrons. The van der Waals surface area contributed by atoms with E-state index in [4.69, 9.17) is 9.84 Å². The SMILES string of the molecule is CCCCCCOCCCCCCCCC(=O)O. The van der Waals surface area contributed by atoms with E-state index in [-0.39, 0.29) is 0 Å². The van der Waals surface area contributed by atoms with Crippen LogP contribution >= 0.6 is 0 Å². The molecule has 0 saturated heterocycles. The van der Waals surface area contributed by atoms with E-state index in [1.807, 2.05) is 0 Å². The van der Waals surface area contributed by atoms with Gasteiger partial charge >= 0.3 is 5.97 Å². The number of hydrogen-bond acceptors (Lipinski definition) is 2. The zero-order valence-electron chi connectivity index (χ0n) is 12.0. The van der Waals surface area contributed by atoms with Crippen molar-refractivity contribution in [3.05, 3.63) is 0 Å². The van der Waals surface area contributed by atoms with Crippen LogP contribution in [-0.2, 0) is 9.53 Å². The van der Waals surface area contributed by atoms with Crippen LogP contribution in [0.3, 0.4) is 0 Å². The first kappa shape index (κ1) is 17.4. The molecule has 0 aliphatic rings. The molecule has 0 heterocycles. The average molecular weight is 258 g/mol. The Morgan fingerprint density at radius 1 is 0.833 bits per heavy atom. The van der Waals surface area contributed by atoms with Crippen molar-refractivity contribution < 1.29 is 14.6 Å². The first-order valence-corrected chi connectivity index (χ1v) is 7.57. The van der Waals surface area contributed by atoms with Gasteiger partial charge < -0.3 is 9.84 Å². The highest BCUT2D eigenvalue weighted by molar-refractivity contribution is 5.66. The Labute approximate surface area is 112 Å². The van der Waals surface area contributed by atoms with Crippen molar-refractivity contribution in [3.8, 4) is 0 Å². The van der Waals surface area contributed by atoms with E-state index in [0.29, 0.717) is 6.42 Å². The van der Waals surface area contributed by atoms with Crippen LogP contribution in [0.4, 0.5) is 0 Å². The maximum atomic E-state index is 10.3. The second kappa shape index (κ2) is 14.5. The van der Waals surface area contributed by atoms with Crippen molar-refractivity contribution in [2.45, 2.75) is 77.6 Å². The maximum absolute atomic E-state index is 10.3. The van der Waals surface area contributed by atoms with Crippen LogP contribution in [0.15, 0.2) is 0 Å². The molecule has 0 atom stereocenters. The lowest BCUT2D eigenvalue weighted by atomic mass is 10.1. The summed E-state index contributed by atoms with van der Waals surface area (Å²) >= 11 is 0. The van der Waals surface area contributed by atoms with Crippen LogP contribution in [0.5, 0.6) is 0 Å². The van der Waals surface area contributed by atoms with Crippen molar-refractivity contribution in [3.63, 3.8) is 0 Å². The van der Waals surface area contributed by atoms with E-state index in [1.54, 1.807) is 0 Å². The second-order valence-corrected chi connectivity index (χ2v) is 4.94. The number of ether oxygens (including phenoxy) is 1. The summed E-state index contributed by atoms with van der Waals surface area (Å²) in [6, 6.07) is 0. The quantitative estimate of drug-likeness (QED) is 0.470. The summed E-state index contributed by atoms with van der Waals surface area (Å²) in [5, 5.41) is 8.47. The van der Waals surface area contributed by atoms with Gasteiger partial charge in [0, 0.05) is 19.6 Å². The van der Waals surface area contributed by atoms with E-state index in [0.717, 1.165) is 38.9 Å². The fourth-order valence-corrected chi connectivity index (χ4v) is 1.92. The Morgan fingerprint density at radius 2 is 1.33 bits per heavy atom. The topological polar surface area (TPSA) is 46.5 Å². The van der Waals surface area contributed by atoms with E-state index in [9.17, 15) is 4.79 Å². The first-order chi connectivity index (χ1) is 8.77. The van der Waals surface area contributed by atoms with Crippen LogP contribution in [0.2, 0.25) is 0 Å². The van der Waals surface area contributed by atoms with Gasteiger partial charge in [-0.1, -0.05) is 51.9 Å². The zero-order chi connectivity index (χ0) is 13.5. The molecule has 0 bridgehead atoms. The summed E-state index contributed by atoms with van der Waals surface area (Å²) in [6.07, 6.45) is 12.0. The molecule has 3 heteroatoms. The van der Waals surface area contributed by atoms with E-state index in [2.05, 4.69) is 6.92 Å². The second-order valence-electron chi connectivity index (χ2n) is 4.94. The van der Waals surface area contributed by atoms with E-state index in [1.165, 1.54) is 38.5 Å². The molecule has 0 aliphatic heterocycles. The third-order valence-electron chi connectivity index (χ3n) is 3.07. The van der Waals surface area contributed by atoms with Gasteiger partial charge in [-0.3, -0.25) is 4.79 Å². The Bertz CT molecular complexity index is 181. The van der Waals surface area contributed by atoms with Gasteiger partial charge in [0.25, 0.3) is 0 Å². The Kier molecular flexibility index (Phi) is 14.0. The Hall–Kier alpha value is -0.570. The molecular weight excluding hydrogens is 228 g/mol. The molecule has 0 unspecified atom stereocenters. The number of rotatable bonds is 14. The van der Waals surface area contributed by atoms with Crippen molar-refractivity contribution in [2.24, 2.45) is 0 Å². The van der Waals surface area contributed by atoms with Crippen LogP contribution < -0.4 is 0 Å². The highest BCUT2D eigenvalue weighted by Gasteiger charge is 1.96. The molecule has 0 aliphatic carbocycles. The fourth-order valence-electron chi connectivity index (χ4n) is 1.92. The molecule has 1 N–H and O–H groups in total. The van der Waals surface area contributed by atoms with Crippen LogP contribution in [0, 0.1) is 0 Å². The Balaban J connectivity index is 2.92. The number of hydrogen-bond donors (Lipinski definition) is 1. The monoisotopic (exact) mass is 258 g/mol. The molecule has 0 fully saturated rings. The standard InChI is InChI=1S/C15H30O3/c1-2-3-4-10-13-18-14-11-8-6-5-7-9-12-15(16)17/h2-14H2,1H3,(H,16,17). The van der Waals surface area contributed by atoms with Crippen LogP contribution in [-0.4, -0.2) is 24.3 Å². The smallest absolute Gasteiger partial charge is 0.303 e. The van der Waals surface area contributed by atoms with Gasteiger partial charge in [-0.2, -0.15) is 0 Å². The van der Waals surface area contributed by atoms with E-state index < -0.39 is 5.97 Å². The maximum Gasteiger partial charge on any atom is 0.303 e. The molecule has 0 aromatic heterocycles. The summed E-state index contributed by atoms with van der Waals surface area (Å²) in [7, 11) is 0. The van der Waals surface area contributed by atoms with Crippen molar-refractivity contribution in [2.75, 3.05) is 13.2 Å². The largest absolute Gasteiger partial charge is 0.481 e. The molecule has 0 amide bonds. The summed E-state index contributed by atoms with van der Waals surface area (Å²) in [4.78, 5) is 10.3. The Morgan fingerprint density at radius 3 is 1.89 bits per heavy atom. The van der Waals surface area contributed by atoms with Crippen molar-refractivity contribution in [1.82, 2.24) is 0 Å². The summed E-state index contributed by atoms with van der Waals surface area (Å²) in [5.41, 5.74) is 0. The lowest BCUT2D eigenvalue weighted by Gasteiger charge is -2.04. The summed E-state index contributed by atoms with van der Waals surface area (Å²) in [6.45, 7) is 4.02. The molecular formula is C15H30O3. The molecule has 0 aromatic carbocycles. The molecule has 18 heavy (non-hydrogen) atoms. The van der Waals surface area contributed by atoms with Gasteiger partial charge in [0.05, 0.1) is 0 Å². The van der Waals surface area contributed by atoms with Gasteiger partial charge in [-0.25, -0.2) is 0 Å². The number of carbonyl (C=O) groups is 1. The lowest BCUT2D eigenvalue weighted by molar-refractivity contribution is -0.137. The summed E-state index contributed by atoms with van der Waals surface area (Å²) < 4.78 is 5.56. The molecule has 0 rings (SSSR count). The predicted molar refractivity (Wildman–Crippen MR) is 74.9 cm³/mol. The average Bonchev–Trinajstić information content (AvgIpc) is 2.34. The highest BCUT2D eigenvalue weighted by Crippen LogP contribution is 2.07. The van der Waals surface area contributed by atoms with Crippen LogP contribution in [0.25, 0.3) is 0 Å².